The highest BCUT2D eigenvalue weighted by molar-refractivity contribution is 5.91. The molecule has 0 bridgehead atoms. The molecular formula is C14H13NO3. The number of amides is 1. The van der Waals surface area contributed by atoms with Crippen molar-refractivity contribution in [3.8, 4) is 5.75 Å². The zero-order valence-electron chi connectivity index (χ0n) is 9.80. The summed E-state index contributed by atoms with van der Waals surface area (Å²) in [5.74, 6) is 0.494. The number of nitrogens with zero attached hydrogens (tertiary/aromatic N) is 1. The molecule has 0 unspecified atom stereocenters. The Labute approximate surface area is 104 Å². The molecule has 1 amide bonds. The van der Waals surface area contributed by atoms with Gasteiger partial charge in [-0.15, -0.1) is 0 Å². The SMILES string of the molecule is O=C(c1ccco1)N1CCc2ccc(O)cc2C1. The third kappa shape index (κ3) is 1.86. The predicted octanol–water partition coefficient (Wildman–Crippen LogP) is 2.18. The highest BCUT2D eigenvalue weighted by atomic mass is 16.3. The molecule has 3 rings (SSSR count). The maximum atomic E-state index is 12.1. The number of carbonyl (C=O) groups is 1. The Hall–Kier alpha value is -2.23. The summed E-state index contributed by atoms with van der Waals surface area (Å²) in [7, 11) is 0. The van der Waals surface area contributed by atoms with Crippen LogP contribution in [0.25, 0.3) is 0 Å². The number of hydrogen-bond acceptors (Lipinski definition) is 3. The van der Waals surface area contributed by atoms with Crippen LogP contribution >= 0.6 is 0 Å². The van der Waals surface area contributed by atoms with Crippen molar-refractivity contribution >= 4 is 5.91 Å². The number of rotatable bonds is 1. The van der Waals surface area contributed by atoms with Crippen LogP contribution in [0.5, 0.6) is 5.75 Å². The van der Waals surface area contributed by atoms with E-state index in [1.54, 1.807) is 29.2 Å². The van der Waals surface area contributed by atoms with Crippen molar-refractivity contribution in [1.82, 2.24) is 4.90 Å². The lowest BCUT2D eigenvalue weighted by Crippen LogP contribution is -2.35. The zero-order valence-corrected chi connectivity index (χ0v) is 9.80. The summed E-state index contributed by atoms with van der Waals surface area (Å²) in [4.78, 5) is 13.9. The van der Waals surface area contributed by atoms with Gasteiger partial charge in [-0.05, 0) is 41.8 Å². The first kappa shape index (κ1) is 10.9. The summed E-state index contributed by atoms with van der Waals surface area (Å²) in [5.41, 5.74) is 2.19. The minimum atomic E-state index is -0.103. The molecular weight excluding hydrogens is 230 g/mol. The molecule has 0 radical (unpaired) electrons. The number of hydrogen-bond donors (Lipinski definition) is 1. The van der Waals surface area contributed by atoms with Crippen LogP contribution in [-0.2, 0) is 13.0 Å². The number of carbonyl (C=O) groups excluding carboxylic acids is 1. The normalized spacial score (nSPS) is 14.3. The van der Waals surface area contributed by atoms with E-state index in [9.17, 15) is 9.90 Å². The van der Waals surface area contributed by atoms with Crippen molar-refractivity contribution in [2.45, 2.75) is 13.0 Å². The van der Waals surface area contributed by atoms with Crippen molar-refractivity contribution in [2.24, 2.45) is 0 Å². The monoisotopic (exact) mass is 243 g/mol. The molecule has 0 saturated heterocycles. The first-order chi connectivity index (χ1) is 8.74. The molecule has 1 aliphatic heterocycles. The van der Waals surface area contributed by atoms with Gasteiger partial charge in [-0.3, -0.25) is 4.79 Å². The molecule has 1 aromatic carbocycles. The van der Waals surface area contributed by atoms with E-state index in [1.165, 1.54) is 11.8 Å². The minimum Gasteiger partial charge on any atom is -0.508 e. The topological polar surface area (TPSA) is 53.7 Å². The predicted molar refractivity (Wildman–Crippen MR) is 65.3 cm³/mol. The fraction of sp³-hybridized carbons (Fsp3) is 0.214. The Morgan fingerprint density at radius 3 is 2.94 bits per heavy atom. The summed E-state index contributed by atoms with van der Waals surface area (Å²) in [5, 5.41) is 9.48. The minimum absolute atomic E-state index is 0.103. The molecule has 18 heavy (non-hydrogen) atoms. The standard InChI is InChI=1S/C14H13NO3/c16-12-4-3-10-5-6-15(9-11(10)8-12)14(17)13-2-1-7-18-13/h1-4,7-8,16H,5-6,9H2. The van der Waals surface area contributed by atoms with Gasteiger partial charge in [0, 0.05) is 13.1 Å². The van der Waals surface area contributed by atoms with Gasteiger partial charge in [0.15, 0.2) is 5.76 Å². The highest BCUT2D eigenvalue weighted by Gasteiger charge is 2.23. The number of fused-ring (bicyclic) bond motifs is 1. The molecule has 0 saturated carbocycles. The first-order valence-electron chi connectivity index (χ1n) is 5.87. The molecule has 1 aliphatic rings. The van der Waals surface area contributed by atoms with Crippen LogP contribution in [0, 0.1) is 0 Å². The van der Waals surface area contributed by atoms with Crippen LogP contribution in [0.4, 0.5) is 0 Å². The summed E-state index contributed by atoms with van der Waals surface area (Å²) in [6.45, 7) is 1.20. The van der Waals surface area contributed by atoms with E-state index in [0.717, 1.165) is 12.0 Å². The van der Waals surface area contributed by atoms with Crippen LogP contribution in [-0.4, -0.2) is 22.5 Å². The Kier molecular flexibility index (Phi) is 2.55. The van der Waals surface area contributed by atoms with Gasteiger partial charge in [-0.25, -0.2) is 0 Å². The second-order valence-electron chi connectivity index (χ2n) is 4.41. The zero-order chi connectivity index (χ0) is 12.5. The molecule has 1 N–H and O–H groups in total. The van der Waals surface area contributed by atoms with Crippen molar-refractivity contribution in [2.75, 3.05) is 6.54 Å². The van der Waals surface area contributed by atoms with Gasteiger partial charge in [-0.2, -0.15) is 0 Å². The summed E-state index contributed by atoms with van der Waals surface area (Å²) < 4.78 is 5.12. The van der Waals surface area contributed by atoms with Crippen molar-refractivity contribution < 1.29 is 14.3 Å². The van der Waals surface area contributed by atoms with E-state index in [4.69, 9.17) is 4.42 Å². The van der Waals surface area contributed by atoms with Gasteiger partial charge < -0.3 is 14.4 Å². The van der Waals surface area contributed by atoms with Gasteiger partial charge in [0.05, 0.1) is 6.26 Å². The van der Waals surface area contributed by atoms with Gasteiger partial charge in [0.25, 0.3) is 5.91 Å². The van der Waals surface area contributed by atoms with Gasteiger partial charge in [0.2, 0.25) is 0 Å². The molecule has 0 fully saturated rings. The van der Waals surface area contributed by atoms with E-state index >= 15 is 0 Å². The van der Waals surface area contributed by atoms with E-state index in [0.29, 0.717) is 18.8 Å². The number of phenols is 1. The van der Waals surface area contributed by atoms with E-state index in [2.05, 4.69) is 0 Å². The lowest BCUT2D eigenvalue weighted by atomic mass is 9.99. The molecule has 4 heteroatoms. The Balaban J connectivity index is 1.84. The average molecular weight is 243 g/mol. The van der Waals surface area contributed by atoms with Gasteiger partial charge in [0.1, 0.15) is 5.75 Å². The van der Waals surface area contributed by atoms with Crippen molar-refractivity contribution in [3.63, 3.8) is 0 Å². The molecule has 0 spiro atoms. The number of phenolic OH excluding ortho intramolecular Hbond substituents is 1. The van der Waals surface area contributed by atoms with E-state index in [1.807, 2.05) is 6.07 Å². The smallest absolute Gasteiger partial charge is 0.289 e. The second kappa shape index (κ2) is 4.22. The Morgan fingerprint density at radius 1 is 1.28 bits per heavy atom. The molecule has 4 nitrogen and oxygen atoms in total. The van der Waals surface area contributed by atoms with E-state index < -0.39 is 0 Å². The van der Waals surface area contributed by atoms with Crippen LogP contribution < -0.4 is 0 Å². The molecule has 0 aliphatic carbocycles. The molecule has 92 valence electrons. The Bertz CT molecular complexity index is 575. The molecule has 2 aromatic rings. The van der Waals surface area contributed by atoms with Crippen LogP contribution in [0.3, 0.4) is 0 Å². The van der Waals surface area contributed by atoms with Gasteiger partial charge in [-0.1, -0.05) is 6.07 Å². The summed E-state index contributed by atoms with van der Waals surface area (Å²) in [6, 6.07) is 8.69. The lowest BCUT2D eigenvalue weighted by Gasteiger charge is -2.28. The number of aromatic hydroxyl groups is 1. The largest absolute Gasteiger partial charge is 0.508 e. The number of benzene rings is 1. The molecule has 2 heterocycles. The maximum absolute atomic E-state index is 12.1. The quantitative estimate of drug-likeness (QED) is 0.835. The highest BCUT2D eigenvalue weighted by Crippen LogP contribution is 2.24. The fourth-order valence-corrected chi connectivity index (χ4v) is 2.27. The third-order valence-electron chi connectivity index (χ3n) is 3.22. The molecule has 1 aromatic heterocycles. The van der Waals surface area contributed by atoms with Crippen molar-refractivity contribution in [3.05, 3.63) is 53.5 Å². The average Bonchev–Trinajstić information content (AvgIpc) is 2.90. The number of furan rings is 1. The van der Waals surface area contributed by atoms with Gasteiger partial charge >= 0.3 is 0 Å². The van der Waals surface area contributed by atoms with Crippen LogP contribution in [0.15, 0.2) is 41.0 Å². The van der Waals surface area contributed by atoms with E-state index in [-0.39, 0.29) is 11.7 Å². The van der Waals surface area contributed by atoms with Crippen molar-refractivity contribution in [1.29, 1.82) is 0 Å². The van der Waals surface area contributed by atoms with Crippen LogP contribution in [0.1, 0.15) is 21.7 Å². The second-order valence-corrected chi connectivity index (χ2v) is 4.41. The fourth-order valence-electron chi connectivity index (χ4n) is 2.27. The molecule has 0 atom stereocenters. The third-order valence-corrected chi connectivity index (χ3v) is 3.22. The first-order valence-corrected chi connectivity index (χ1v) is 5.87. The summed E-state index contributed by atoms with van der Waals surface area (Å²) >= 11 is 0. The maximum Gasteiger partial charge on any atom is 0.289 e. The Morgan fingerprint density at radius 2 is 2.17 bits per heavy atom. The lowest BCUT2D eigenvalue weighted by molar-refractivity contribution is 0.0702. The van der Waals surface area contributed by atoms with Crippen LogP contribution in [0.2, 0.25) is 0 Å². The summed E-state index contributed by atoms with van der Waals surface area (Å²) in [6.07, 6.45) is 2.30.